The number of hydrogen-bond acceptors (Lipinski definition) is 4. The van der Waals surface area contributed by atoms with Gasteiger partial charge in [-0.05, 0) is 12.1 Å². The Morgan fingerprint density at radius 2 is 2.12 bits per heavy atom. The van der Waals surface area contributed by atoms with Gasteiger partial charge in [0.15, 0.2) is 0 Å². The topological polar surface area (TPSA) is 71.2 Å². The fraction of sp³-hybridized carbons (Fsp3) is 0.400. The third-order valence-corrected chi connectivity index (χ3v) is 2.66. The first-order valence-electron chi connectivity index (χ1n) is 5.10. The molecule has 1 amide bonds. The molecule has 0 atom stereocenters. The third kappa shape index (κ3) is 2.43. The lowest BCUT2D eigenvalue weighted by Crippen LogP contribution is -2.46. The number of amides is 1. The average Bonchev–Trinajstić information content (AvgIpc) is 2.28. The number of hydrogen-bond donors (Lipinski definition) is 2. The summed E-state index contributed by atoms with van der Waals surface area (Å²) >= 11 is 5.76. The van der Waals surface area contributed by atoms with Crippen molar-refractivity contribution < 1.29 is 4.79 Å². The number of carbonyl (C=O) groups excluding carboxylic acids is 1. The van der Waals surface area contributed by atoms with Crippen molar-refractivity contribution in [2.24, 2.45) is 0 Å². The van der Waals surface area contributed by atoms with E-state index in [0.717, 1.165) is 13.1 Å². The Labute approximate surface area is 98.6 Å². The number of rotatable bonds is 1. The average molecular weight is 241 g/mol. The molecule has 86 valence electrons. The summed E-state index contributed by atoms with van der Waals surface area (Å²) in [4.78, 5) is 17.7. The van der Waals surface area contributed by atoms with Gasteiger partial charge in [-0.2, -0.15) is 0 Å². The van der Waals surface area contributed by atoms with Crippen LogP contribution in [0.3, 0.4) is 0 Å². The summed E-state index contributed by atoms with van der Waals surface area (Å²) in [7, 11) is 0. The van der Waals surface area contributed by atoms with Gasteiger partial charge in [-0.1, -0.05) is 11.6 Å². The maximum Gasteiger partial charge on any atom is 0.254 e. The highest BCUT2D eigenvalue weighted by molar-refractivity contribution is 6.29. The fourth-order valence-corrected chi connectivity index (χ4v) is 1.91. The molecule has 0 bridgehead atoms. The predicted molar refractivity (Wildman–Crippen MR) is 62.4 cm³/mol. The monoisotopic (exact) mass is 240 g/mol. The SMILES string of the molecule is Nc1cc(C(=O)N2CCNCC2)cc(Cl)n1. The molecule has 1 aromatic rings. The molecule has 0 saturated carbocycles. The van der Waals surface area contributed by atoms with Gasteiger partial charge in [0.1, 0.15) is 11.0 Å². The molecule has 1 aliphatic rings. The molecule has 0 unspecified atom stereocenters. The van der Waals surface area contributed by atoms with E-state index in [1.165, 1.54) is 0 Å². The van der Waals surface area contributed by atoms with Crippen molar-refractivity contribution >= 4 is 23.3 Å². The van der Waals surface area contributed by atoms with Crippen molar-refractivity contribution in [1.82, 2.24) is 15.2 Å². The van der Waals surface area contributed by atoms with E-state index in [9.17, 15) is 4.79 Å². The largest absolute Gasteiger partial charge is 0.384 e. The Bertz CT molecular complexity index is 384. The zero-order valence-corrected chi connectivity index (χ0v) is 9.50. The summed E-state index contributed by atoms with van der Waals surface area (Å²) in [6.45, 7) is 3.05. The summed E-state index contributed by atoms with van der Waals surface area (Å²) in [6, 6.07) is 3.10. The predicted octanol–water partition coefficient (Wildman–Crippen LogP) is 0.363. The number of aromatic nitrogens is 1. The number of carbonyl (C=O) groups is 1. The van der Waals surface area contributed by atoms with Crippen LogP contribution < -0.4 is 11.1 Å². The molecule has 0 aromatic carbocycles. The van der Waals surface area contributed by atoms with Crippen LogP contribution in [0.5, 0.6) is 0 Å². The number of nitrogens with zero attached hydrogens (tertiary/aromatic N) is 2. The Kier molecular flexibility index (Phi) is 3.26. The van der Waals surface area contributed by atoms with Crippen LogP contribution in [-0.4, -0.2) is 42.0 Å². The first-order valence-corrected chi connectivity index (χ1v) is 5.47. The van der Waals surface area contributed by atoms with Gasteiger partial charge in [0.2, 0.25) is 0 Å². The molecular formula is C10H13ClN4O. The summed E-state index contributed by atoms with van der Waals surface area (Å²) in [5.74, 6) is 0.225. The van der Waals surface area contributed by atoms with Crippen LogP contribution in [-0.2, 0) is 0 Å². The molecule has 16 heavy (non-hydrogen) atoms. The lowest BCUT2D eigenvalue weighted by Gasteiger charge is -2.27. The van der Waals surface area contributed by atoms with Gasteiger partial charge in [0.25, 0.3) is 5.91 Å². The highest BCUT2D eigenvalue weighted by Crippen LogP contribution is 2.14. The lowest BCUT2D eigenvalue weighted by atomic mass is 10.2. The Morgan fingerprint density at radius 1 is 1.44 bits per heavy atom. The molecule has 2 rings (SSSR count). The summed E-state index contributed by atoms with van der Waals surface area (Å²) in [5.41, 5.74) is 6.05. The van der Waals surface area contributed by atoms with Gasteiger partial charge in [0.05, 0.1) is 0 Å². The molecule has 0 spiro atoms. The van der Waals surface area contributed by atoms with E-state index in [1.807, 2.05) is 0 Å². The molecule has 0 radical (unpaired) electrons. The minimum Gasteiger partial charge on any atom is -0.384 e. The van der Waals surface area contributed by atoms with Crippen LogP contribution >= 0.6 is 11.6 Å². The van der Waals surface area contributed by atoms with E-state index < -0.39 is 0 Å². The molecule has 1 saturated heterocycles. The summed E-state index contributed by atoms with van der Waals surface area (Å²) in [6.07, 6.45) is 0. The summed E-state index contributed by atoms with van der Waals surface area (Å²) < 4.78 is 0. The maximum atomic E-state index is 12.1. The van der Waals surface area contributed by atoms with E-state index in [0.29, 0.717) is 18.7 Å². The minimum absolute atomic E-state index is 0.0440. The number of halogens is 1. The number of anilines is 1. The fourth-order valence-electron chi connectivity index (χ4n) is 1.69. The smallest absolute Gasteiger partial charge is 0.254 e. The molecule has 3 N–H and O–H groups in total. The van der Waals surface area contributed by atoms with Crippen molar-refractivity contribution in [3.63, 3.8) is 0 Å². The number of nitrogens with one attached hydrogen (secondary N) is 1. The number of pyridine rings is 1. The summed E-state index contributed by atoms with van der Waals surface area (Å²) in [5, 5.41) is 3.44. The first kappa shape index (κ1) is 11.2. The lowest BCUT2D eigenvalue weighted by molar-refractivity contribution is 0.0736. The van der Waals surface area contributed by atoms with Crippen LogP contribution in [0.25, 0.3) is 0 Å². The van der Waals surface area contributed by atoms with Crippen molar-refractivity contribution in [1.29, 1.82) is 0 Å². The zero-order valence-electron chi connectivity index (χ0n) is 8.74. The standard InChI is InChI=1S/C10H13ClN4O/c11-8-5-7(6-9(12)14-8)10(16)15-3-1-13-2-4-15/h5-6,13H,1-4H2,(H2,12,14). The van der Waals surface area contributed by atoms with Gasteiger partial charge in [-0.15, -0.1) is 0 Å². The molecule has 2 heterocycles. The van der Waals surface area contributed by atoms with Crippen molar-refractivity contribution in [3.8, 4) is 0 Å². The van der Waals surface area contributed by atoms with E-state index in [1.54, 1.807) is 17.0 Å². The number of piperazine rings is 1. The zero-order chi connectivity index (χ0) is 11.5. The van der Waals surface area contributed by atoms with E-state index in [4.69, 9.17) is 17.3 Å². The molecular weight excluding hydrogens is 228 g/mol. The normalized spacial score (nSPS) is 16.2. The van der Waals surface area contributed by atoms with Gasteiger partial charge in [0, 0.05) is 31.7 Å². The first-order chi connectivity index (χ1) is 7.66. The minimum atomic E-state index is -0.0440. The van der Waals surface area contributed by atoms with Gasteiger partial charge in [-0.25, -0.2) is 4.98 Å². The molecule has 5 nitrogen and oxygen atoms in total. The maximum absolute atomic E-state index is 12.1. The Morgan fingerprint density at radius 3 is 2.75 bits per heavy atom. The van der Waals surface area contributed by atoms with Crippen LogP contribution in [0, 0.1) is 0 Å². The van der Waals surface area contributed by atoms with Gasteiger partial charge >= 0.3 is 0 Å². The number of nitrogens with two attached hydrogens (primary N) is 1. The van der Waals surface area contributed by atoms with Crippen LogP contribution in [0.2, 0.25) is 5.15 Å². The second kappa shape index (κ2) is 4.67. The molecule has 0 aliphatic carbocycles. The number of nitrogen functional groups attached to an aromatic ring is 1. The third-order valence-electron chi connectivity index (χ3n) is 2.47. The molecule has 1 fully saturated rings. The van der Waals surface area contributed by atoms with Crippen LogP contribution in [0.1, 0.15) is 10.4 Å². The Balaban J connectivity index is 2.19. The van der Waals surface area contributed by atoms with Crippen LogP contribution in [0.4, 0.5) is 5.82 Å². The second-order valence-electron chi connectivity index (χ2n) is 3.65. The van der Waals surface area contributed by atoms with E-state index in [2.05, 4.69) is 10.3 Å². The van der Waals surface area contributed by atoms with Crippen molar-refractivity contribution in [2.45, 2.75) is 0 Å². The van der Waals surface area contributed by atoms with Crippen LogP contribution in [0.15, 0.2) is 12.1 Å². The molecule has 1 aromatic heterocycles. The van der Waals surface area contributed by atoms with Crippen molar-refractivity contribution in [2.75, 3.05) is 31.9 Å². The highest BCUT2D eigenvalue weighted by Gasteiger charge is 2.18. The molecule has 1 aliphatic heterocycles. The van der Waals surface area contributed by atoms with E-state index in [-0.39, 0.29) is 16.9 Å². The van der Waals surface area contributed by atoms with E-state index >= 15 is 0 Å². The Hall–Kier alpha value is -1.33. The van der Waals surface area contributed by atoms with Crippen molar-refractivity contribution in [3.05, 3.63) is 22.8 Å². The van der Waals surface area contributed by atoms with Gasteiger partial charge < -0.3 is 16.0 Å². The highest BCUT2D eigenvalue weighted by atomic mass is 35.5. The van der Waals surface area contributed by atoms with Gasteiger partial charge in [-0.3, -0.25) is 4.79 Å². The second-order valence-corrected chi connectivity index (χ2v) is 4.03. The molecule has 6 heteroatoms. The quantitative estimate of drug-likeness (QED) is 0.696.